The zero-order valence-electron chi connectivity index (χ0n) is 13.4. The van der Waals surface area contributed by atoms with Crippen LogP contribution in [0.15, 0.2) is 65.2 Å². The average molecular weight is 304 g/mol. The lowest BCUT2D eigenvalue weighted by Gasteiger charge is -2.36. The molecule has 116 valence electrons. The second-order valence-corrected chi connectivity index (χ2v) is 6.38. The Morgan fingerprint density at radius 2 is 1.78 bits per heavy atom. The minimum atomic E-state index is -0.0987. The molecule has 0 radical (unpaired) electrons. The third kappa shape index (κ3) is 3.39. The topological polar surface area (TPSA) is 41.5 Å². The van der Waals surface area contributed by atoms with E-state index in [4.69, 9.17) is 0 Å². The van der Waals surface area contributed by atoms with Crippen LogP contribution in [0.3, 0.4) is 0 Å². The van der Waals surface area contributed by atoms with E-state index in [0.29, 0.717) is 5.57 Å². The maximum Gasteiger partial charge on any atom is 0.153 e. The van der Waals surface area contributed by atoms with Crippen molar-refractivity contribution in [1.82, 2.24) is 5.32 Å². The van der Waals surface area contributed by atoms with Crippen LogP contribution in [0.2, 0.25) is 0 Å². The van der Waals surface area contributed by atoms with Crippen LogP contribution in [-0.2, 0) is 11.2 Å². The van der Waals surface area contributed by atoms with Gasteiger partial charge in [0.1, 0.15) is 0 Å². The van der Waals surface area contributed by atoms with Crippen LogP contribution in [0.1, 0.15) is 25.0 Å². The Balaban J connectivity index is 2.06. The fraction of sp³-hybridized carbons (Fsp3) is 0.200. The lowest BCUT2D eigenvalue weighted by Crippen LogP contribution is -2.44. The van der Waals surface area contributed by atoms with E-state index < -0.39 is 0 Å². The quantitative estimate of drug-likeness (QED) is 0.530. The highest BCUT2D eigenvalue weighted by Gasteiger charge is 2.28. The van der Waals surface area contributed by atoms with Gasteiger partial charge in [-0.25, -0.2) is 0 Å². The summed E-state index contributed by atoms with van der Waals surface area (Å²) in [6, 6.07) is 17.8. The Morgan fingerprint density at radius 3 is 2.52 bits per heavy atom. The number of rotatable bonds is 3. The van der Waals surface area contributed by atoms with Crippen LogP contribution in [0.4, 0.5) is 5.69 Å². The van der Waals surface area contributed by atoms with Crippen molar-refractivity contribution in [2.75, 3.05) is 0 Å². The van der Waals surface area contributed by atoms with E-state index in [9.17, 15) is 4.79 Å². The van der Waals surface area contributed by atoms with Crippen molar-refractivity contribution >= 4 is 23.9 Å². The molecule has 3 rings (SSSR count). The van der Waals surface area contributed by atoms with Gasteiger partial charge in [-0.3, -0.25) is 9.79 Å². The first-order valence-electron chi connectivity index (χ1n) is 7.74. The van der Waals surface area contributed by atoms with Crippen LogP contribution >= 0.6 is 0 Å². The van der Waals surface area contributed by atoms with Gasteiger partial charge in [-0.1, -0.05) is 42.5 Å². The Morgan fingerprint density at radius 1 is 1.09 bits per heavy atom. The molecular weight excluding hydrogens is 284 g/mol. The minimum absolute atomic E-state index is 0.0987. The number of para-hydroxylation sites is 1. The van der Waals surface area contributed by atoms with Crippen molar-refractivity contribution in [3.05, 3.63) is 71.3 Å². The molecule has 3 heteroatoms. The number of aldehydes is 1. The standard InChI is InChI=1S/C20H20N2O/c1-20(2)12-15-8-6-7-11-18(15)19(22-20)16(14-23)13-21-17-9-4-3-5-10-17/h3-11,13-14,22H,12H2,1-2H3/b19-16-,21-13+. The van der Waals surface area contributed by atoms with Gasteiger partial charge in [0.05, 0.1) is 17.0 Å². The number of allylic oxidation sites excluding steroid dienone is 1. The molecule has 0 saturated carbocycles. The Labute approximate surface area is 136 Å². The van der Waals surface area contributed by atoms with Crippen molar-refractivity contribution in [1.29, 1.82) is 0 Å². The predicted octanol–water partition coefficient (Wildman–Crippen LogP) is 3.92. The lowest BCUT2D eigenvalue weighted by atomic mass is 9.85. The third-order valence-corrected chi connectivity index (χ3v) is 3.91. The number of hydrogen-bond donors (Lipinski definition) is 1. The molecule has 1 aliphatic heterocycles. The summed E-state index contributed by atoms with van der Waals surface area (Å²) in [6.45, 7) is 4.28. The number of carbonyl (C=O) groups is 1. The van der Waals surface area contributed by atoms with Crippen molar-refractivity contribution in [2.45, 2.75) is 25.8 Å². The number of nitrogens with zero attached hydrogens (tertiary/aromatic N) is 1. The normalized spacial score (nSPS) is 18.2. The first-order chi connectivity index (χ1) is 11.1. The number of benzene rings is 2. The smallest absolute Gasteiger partial charge is 0.153 e. The SMILES string of the molecule is CC1(C)Cc2ccccc2/C(=C(C=O)\C=N\c2ccccc2)N1. The van der Waals surface area contributed by atoms with Crippen molar-refractivity contribution in [3.63, 3.8) is 0 Å². The summed E-state index contributed by atoms with van der Waals surface area (Å²) in [5, 5.41) is 3.49. The fourth-order valence-corrected chi connectivity index (χ4v) is 2.88. The molecule has 0 aromatic heterocycles. The summed E-state index contributed by atoms with van der Waals surface area (Å²) in [7, 11) is 0. The number of fused-ring (bicyclic) bond motifs is 1. The first kappa shape index (κ1) is 15.2. The van der Waals surface area contributed by atoms with Crippen LogP contribution in [0.25, 0.3) is 5.70 Å². The van der Waals surface area contributed by atoms with Gasteiger partial charge in [-0.15, -0.1) is 0 Å². The van der Waals surface area contributed by atoms with Gasteiger partial charge in [0.25, 0.3) is 0 Å². The van der Waals surface area contributed by atoms with E-state index in [1.54, 1.807) is 6.21 Å². The van der Waals surface area contributed by atoms with Crippen molar-refractivity contribution in [3.8, 4) is 0 Å². The van der Waals surface area contributed by atoms with E-state index in [1.807, 2.05) is 48.5 Å². The summed E-state index contributed by atoms with van der Waals surface area (Å²) in [6.07, 6.45) is 3.43. The molecule has 0 spiro atoms. The minimum Gasteiger partial charge on any atom is -0.379 e. The van der Waals surface area contributed by atoms with Crippen molar-refractivity contribution < 1.29 is 4.79 Å². The van der Waals surface area contributed by atoms with E-state index >= 15 is 0 Å². The number of carbonyl (C=O) groups excluding carboxylic acids is 1. The summed E-state index contributed by atoms with van der Waals surface area (Å²) in [5.41, 5.74) is 4.47. The maximum atomic E-state index is 11.7. The van der Waals surface area contributed by atoms with E-state index in [0.717, 1.165) is 29.7 Å². The van der Waals surface area contributed by atoms with Gasteiger partial charge in [-0.05, 0) is 38.0 Å². The number of nitrogens with one attached hydrogen (secondary N) is 1. The van der Waals surface area contributed by atoms with Gasteiger partial charge < -0.3 is 5.32 Å². The summed E-state index contributed by atoms with van der Waals surface area (Å²) in [5.74, 6) is 0. The molecule has 0 aliphatic carbocycles. The molecule has 0 unspecified atom stereocenters. The number of aliphatic imine (C=N–C) groups is 1. The predicted molar refractivity (Wildman–Crippen MR) is 94.9 cm³/mol. The van der Waals surface area contributed by atoms with Crippen LogP contribution in [0.5, 0.6) is 0 Å². The summed E-state index contributed by atoms with van der Waals surface area (Å²) in [4.78, 5) is 16.1. The van der Waals surface area contributed by atoms with Gasteiger partial charge in [0.2, 0.25) is 0 Å². The molecule has 2 aromatic carbocycles. The molecule has 0 bridgehead atoms. The number of hydrogen-bond acceptors (Lipinski definition) is 3. The molecule has 3 nitrogen and oxygen atoms in total. The first-order valence-corrected chi connectivity index (χ1v) is 7.74. The lowest BCUT2D eigenvalue weighted by molar-refractivity contribution is -0.104. The summed E-state index contributed by atoms with van der Waals surface area (Å²) < 4.78 is 0. The second-order valence-electron chi connectivity index (χ2n) is 6.38. The van der Waals surface area contributed by atoms with Crippen LogP contribution in [-0.4, -0.2) is 18.0 Å². The Hall–Kier alpha value is -2.68. The molecule has 0 saturated heterocycles. The highest BCUT2D eigenvalue weighted by atomic mass is 16.1. The second kappa shape index (κ2) is 6.21. The zero-order valence-corrected chi connectivity index (χ0v) is 13.4. The fourth-order valence-electron chi connectivity index (χ4n) is 2.88. The molecule has 2 aromatic rings. The summed E-state index contributed by atoms with van der Waals surface area (Å²) >= 11 is 0. The largest absolute Gasteiger partial charge is 0.379 e. The molecule has 0 atom stereocenters. The van der Waals surface area contributed by atoms with Crippen LogP contribution in [0, 0.1) is 0 Å². The molecule has 1 heterocycles. The van der Waals surface area contributed by atoms with Gasteiger partial charge in [-0.2, -0.15) is 0 Å². The molecule has 0 fully saturated rings. The van der Waals surface area contributed by atoms with E-state index in [-0.39, 0.29) is 5.54 Å². The molecule has 0 amide bonds. The van der Waals surface area contributed by atoms with Gasteiger partial charge in [0, 0.05) is 17.3 Å². The zero-order chi connectivity index (χ0) is 16.3. The highest BCUT2D eigenvalue weighted by Crippen LogP contribution is 2.30. The van der Waals surface area contributed by atoms with Crippen molar-refractivity contribution in [2.24, 2.45) is 4.99 Å². The average Bonchev–Trinajstić information content (AvgIpc) is 2.55. The van der Waals surface area contributed by atoms with Gasteiger partial charge in [0.15, 0.2) is 6.29 Å². The van der Waals surface area contributed by atoms with Crippen LogP contribution < -0.4 is 5.32 Å². The molecule has 1 N–H and O–H groups in total. The molecule has 1 aliphatic rings. The Bertz CT molecular complexity index is 773. The maximum absolute atomic E-state index is 11.7. The monoisotopic (exact) mass is 304 g/mol. The Kier molecular flexibility index (Phi) is 4.11. The highest BCUT2D eigenvalue weighted by molar-refractivity contribution is 6.10. The van der Waals surface area contributed by atoms with E-state index in [2.05, 4.69) is 30.2 Å². The third-order valence-electron chi connectivity index (χ3n) is 3.91. The molecule has 23 heavy (non-hydrogen) atoms. The van der Waals surface area contributed by atoms with E-state index in [1.165, 1.54) is 5.56 Å². The van der Waals surface area contributed by atoms with Gasteiger partial charge >= 0.3 is 0 Å². The molecular formula is C20H20N2O.